The average molecular weight is 391 g/mol. The molecule has 1 amide bonds. The van der Waals surface area contributed by atoms with Gasteiger partial charge in [-0.2, -0.15) is 0 Å². The van der Waals surface area contributed by atoms with Gasteiger partial charge in [0.05, 0.1) is 6.04 Å². The van der Waals surface area contributed by atoms with Crippen LogP contribution < -0.4 is 10.9 Å². The van der Waals surface area contributed by atoms with Crippen LogP contribution in [-0.4, -0.2) is 22.1 Å². The summed E-state index contributed by atoms with van der Waals surface area (Å²) in [5.74, 6) is 0.261. The van der Waals surface area contributed by atoms with Gasteiger partial charge in [0.15, 0.2) is 5.17 Å². The molecule has 2 aromatic carbocycles. The first-order chi connectivity index (χ1) is 12.6. The standard InChI is InChI=1S/C18H16ClFN4OS/c19-13-3-1-2-11(8-13)10-26-18-22-21-17(25)16-9-15(23-24(16)18)12-4-6-14(20)7-5-12/h1-8,15-16,23H,9-10H2,(H,21,25). The number of amidine groups is 1. The maximum absolute atomic E-state index is 13.2. The number of hydrogen-bond donors (Lipinski definition) is 2. The molecule has 2 aliphatic heterocycles. The molecule has 0 aliphatic carbocycles. The lowest BCUT2D eigenvalue weighted by atomic mass is 10.0. The summed E-state index contributed by atoms with van der Waals surface area (Å²) in [6.45, 7) is 0. The van der Waals surface area contributed by atoms with Crippen molar-refractivity contribution in [2.24, 2.45) is 5.10 Å². The number of fused-ring (bicyclic) bond motifs is 1. The predicted octanol–water partition coefficient (Wildman–Crippen LogP) is 3.43. The Morgan fingerprint density at radius 1 is 1.27 bits per heavy atom. The maximum atomic E-state index is 13.2. The molecule has 0 saturated carbocycles. The van der Waals surface area contributed by atoms with E-state index in [4.69, 9.17) is 11.6 Å². The van der Waals surface area contributed by atoms with Gasteiger partial charge in [0.2, 0.25) is 0 Å². The number of carbonyl (C=O) groups is 1. The molecule has 4 rings (SSSR count). The highest BCUT2D eigenvalue weighted by Gasteiger charge is 2.41. The van der Waals surface area contributed by atoms with E-state index >= 15 is 0 Å². The maximum Gasteiger partial charge on any atom is 0.264 e. The molecule has 2 unspecified atom stereocenters. The minimum atomic E-state index is -0.343. The molecule has 0 aromatic heterocycles. The number of thioether (sulfide) groups is 1. The molecule has 1 saturated heterocycles. The zero-order chi connectivity index (χ0) is 18.1. The fourth-order valence-corrected chi connectivity index (χ4v) is 4.18. The lowest BCUT2D eigenvalue weighted by Crippen LogP contribution is -2.52. The molecular formula is C18H16ClFN4OS. The molecule has 134 valence electrons. The van der Waals surface area contributed by atoms with Crippen LogP contribution in [-0.2, 0) is 10.5 Å². The Labute approximate surface area is 159 Å². The van der Waals surface area contributed by atoms with E-state index < -0.39 is 0 Å². The van der Waals surface area contributed by atoms with Crippen molar-refractivity contribution in [1.29, 1.82) is 0 Å². The molecule has 0 radical (unpaired) electrons. The van der Waals surface area contributed by atoms with Crippen molar-refractivity contribution in [3.63, 3.8) is 0 Å². The molecule has 5 nitrogen and oxygen atoms in total. The number of hydrazine groups is 1. The molecule has 2 aromatic rings. The fourth-order valence-electron chi connectivity index (χ4n) is 3.07. The van der Waals surface area contributed by atoms with Crippen LogP contribution in [0.5, 0.6) is 0 Å². The number of amides is 1. The smallest absolute Gasteiger partial charge is 0.264 e. The zero-order valence-corrected chi connectivity index (χ0v) is 15.2. The largest absolute Gasteiger partial charge is 0.272 e. The topological polar surface area (TPSA) is 56.7 Å². The van der Waals surface area contributed by atoms with Gasteiger partial charge in [-0.25, -0.2) is 15.2 Å². The van der Waals surface area contributed by atoms with Crippen molar-refractivity contribution in [3.05, 3.63) is 70.5 Å². The summed E-state index contributed by atoms with van der Waals surface area (Å²) in [7, 11) is 0. The van der Waals surface area contributed by atoms with E-state index in [1.54, 1.807) is 12.1 Å². The van der Waals surface area contributed by atoms with E-state index in [0.29, 0.717) is 22.4 Å². The van der Waals surface area contributed by atoms with E-state index in [-0.39, 0.29) is 23.8 Å². The monoisotopic (exact) mass is 390 g/mol. The Balaban J connectivity index is 1.48. The third-order valence-corrected chi connectivity index (χ3v) is 5.62. The van der Waals surface area contributed by atoms with Crippen LogP contribution in [0.2, 0.25) is 5.02 Å². The van der Waals surface area contributed by atoms with Gasteiger partial charge in [0.1, 0.15) is 11.9 Å². The average Bonchev–Trinajstić information content (AvgIpc) is 3.08. The number of carbonyl (C=O) groups excluding carboxylic acids is 1. The number of hydrogen-bond acceptors (Lipinski definition) is 5. The van der Waals surface area contributed by atoms with Crippen molar-refractivity contribution in [3.8, 4) is 0 Å². The molecule has 0 spiro atoms. The number of nitrogens with one attached hydrogen (secondary N) is 2. The molecule has 26 heavy (non-hydrogen) atoms. The first-order valence-electron chi connectivity index (χ1n) is 8.16. The second-order valence-corrected chi connectivity index (χ2v) is 7.52. The van der Waals surface area contributed by atoms with E-state index in [9.17, 15) is 9.18 Å². The normalized spacial score (nSPS) is 22.0. The van der Waals surface area contributed by atoms with Crippen LogP contribution in [0.4, 0.5) is 4.39 Å². The minimum Gasteiger partial charge on any atom is -0.272 e. The van der Waals surface area contributed by atoms with Crippen molar-refractivity contribution in [2.75, 3.05) is 0 Å². The van der Waals surface area contributed by atoms with Crippen LogP contribution >= 0.6 is 23.4 Å². The quantitative estimate of drug-likeness (QED) is 0.843. The first-order valence-corrected chi connectivity index (χ1v) is 9.52. The Morgan fingerprint density at radius 2 is 2.08 bits per heavy atom. The third-order valence-electron chi connectivity index (χ3n) is 4.37. The Hall–Kier alpha value is -2.09. The SMILES string of the molecule is O=C1NN=C(SCc2cccc(Cl)c2)N2NC(c3ccc(F)cc3)CC12. The molecule has 1 fully saturated rings. The van der Waals surface area contributed by atoms with Crippen LogP contribution in [0.1, 0.15) is 23.6 Å². The lowest BCUT2D eigenvalue weighted by molar-refractivity contribution is -0.125. The fraction of sp³-hybridized carbons (Fsp3) is 0.222. The molecule has 2 atom stereocenters. The summed E-state index contributed by atoms with van der Waals surface area (Å²) in [6.07, 6.45) is 0.591. The number of benzene rings is 2. The highest BCUT2D eigenvalue weighted by molar-refractivity contribution is 8.13. The molecule has 2 heterocycles. The summed E-state index contributed by atoms with van der Waals surface area (Å²) in [6, 6.07) is 13.6. The molecular weight excluding hydrogens is 375 g/mol. The van der Waals surface area contributed by atoms with E-state index in [0.717, 1.165) is 11.1 Å². The highest BCUT2D eigenvalue weighted by Crippen LogP contribution is 2.32. The summed E-state index contributed by atoms with van der Waals surface area (Å²) in [5, 5.41) is 7.38. The molecule has 8 heteroatoms. The van der Waals surface area contributed by atoms with E-state index in [2.05, 4.69) is 16.0 Å². The summed E-state index contributed by atoms with van der Waals surface area (Å²) >= 11 is 7.54. The first kappa shape index (κ1) is 17.3. The van der Waals surface area contributed by atoms with Crippen LogP contribution in [0.15, 0.2) is 53.6 Å². The number of rotatable bonds is 3. The van der Waals surface area contributed by atoms with Crippen LogP contribution in [0.3, 0.4) is 0 Å². The summed E-state index contributed by atoms with van der Waals surface area (Å²) in [5.41, 5.74) is 7.94. The van der Waals surface area contributed by atoms with Crippen LogP contribution in [0.25, 0.3) is 0 Å². The van der Waals surface area contributed by atoms with Crippen molar-refractivity contribution < 1.29 is 9.18 Å². The second-order valence-electron chi connectivity index (χ2n) is 6.14. The predicted molar refractivity (Wildman–Crippen MR) is 101 cm³/mol. The van der Waals surface area contributed by atoms with Gasteiger partial charge >= 0.3 is 0 Å². The van der Waals surface area contributed by atoms with Gasteiger partial charge in [-0.05, 0) is 41.8 Å². The van der Waals surface area contributed by atoms with Crippen molar-refractivity contribution >= 4 is 34.4 Å². The van der Waals surface area contributed by atoms with Gasteiger partial charge in [-0.1, -0.05) is 47.6 Å². The van der Waals surface area contributed by atoms with E-state index in [1.165, 1.54) is 23.9 Å². The zero-order valence-electron chi connectivity index (χ0n) is 13.7. The molecule has 2 aliphatic rings. The van der Waals surface area contributed by atoms with Gasteiger partial charge in [-0.15, -0.1) is 5.10 Å². The Morgan fingerprint density at radius 3 is 2.85 bits per heavy atom. The number of halogens is 2. The summed E-state index contributed by atoms with van der Waals surface area (Å²) < 4.78 is 13.2. The van der Waals surface area contributed by atoms with Gasteiger partial charge in [0.25, 0.3) is 5.91 Å². The highest BCUT2D eigenvalue weighted by atomic mass is 35.5. The Kier molecular flexibility index (Phi) is 4.84. The Bertz CT molecular complexity index is 861. The minimum absolute atomic E-state index is 0.0681. The second kappa shape index (κ2) is 7.26. The van der Waals surface area contributed by atoms with Crippen LogP contribution in [0, 0.1) is 5.82 Å². The number of nitrogens with zero attached hydrogens (tertiary/aromatic N) is 2. The van der Waals surface area contributed by atoms with E-state index in [1.807, 2.05) is 29.3 Å². The third kappa shape index (κ3) is 3.56. The summed E-state index contributed by atoms with van der Waals surface area (Å²) in [4.78, 5) is 12.2. The van der Waals surface area contributed by atoms with Gasteiger partial charge < -0.3 is 0 Å². The van der Waals surface area contributed by atoms with Gasteiger partial charge in [0, 0.05) is 10.8 Å². The molecule has 0 bridgehead atoms. The number of hydrazone groups is 1. The lowest BCUT2D eigenvalue weighted by Gasteiger charge is -2.29. The molecule has 2 N–H and O–H groups in total. The van der Waals surface area contributed by atoms with Gasteiger partial charge in [-0.3, -0.25) is 9.80 Å². The van der Waals surface area contributed by atoms with Crippen molar-refractivity contribution in [2.45, 2.75) is 24.3 Å². The van der Waals surface area contributed by atoms with Crippen molar-refractivity contribution in [1.82, 2.24) is 15.9 Å².